The first-order chi connectivity index (χ1) is 16.4. The molecule has 2 amide bonds. The number of hydrogen-bond acceptors (Lipinski definition) is 6. The van der Waals surface area contributed by atoms with Crippen molar-refractivity contribution < 1.29 is 35.9 Å². The van der Waals surface area contributed by atoms with Crippen LogP contribution in [0.25, 0.3) is 16.6 Å². The van der Waals surface area contributed by atoms with Crippen molar-refractivity contribution in [3.63, 3.8) is 0 Å². The summed E-state index contributed by atoms with van der Waals surface area (Å²) in [6.45, 7) is 0. The van der Waals surface area contributed by atoms with Crippen molar-refractivity contribution >= 4 is 34.1 Å². The number of nitrogens with one attached hydrogen (secondary N) is 2. The van der Waals surface area contributed by atoms with E-state index in [0.717, 1.165) is 18.6 Å². The summed E-state index contributed by atoms with van der Waals surface area (Å²) in [6, 6.07) is 4.05. The molecule has 0 saturated heterocycles. The molecule has 4 aromatic rings. The SMILES string of the molecule is O=C(Nc1ccnc(C(F)(F)F)c1)c1cnn(-c2ccc3c4c(ncnc24)C(=O)N3)c1C(F)(F)F. The molecule has 35 heavy (non-hydrogen) atoms. The highest BCUT2D eigenvalue weighted by atomic mass is 19.4. The Balaban J connectivity index is 1.61. The van der Waals surface area contributed by atoms with Crippen LogP contribution in [0.3, 0.4) is 0 Å². The minimum atomic E-state index is -5.10. The third-order valence-electron chi connectivity index (χ3n) is 5.05. The summed E-state index contributed by atoms with van der Waals surface area (Å²) in [7, 11) is 0. The zero-order valence-corrected chi connectivity index (χ0v) is 16.9. The highest BCUT2D eigenvalue weighted by Crippen LogP contribution is 2.38. The lowest BCUT2D eigenvalue weighted by Gasteiger charge is -2.14. The lowest BCUT2D eigenvalue weighted by atomic mass is 10.1. The van der Waals surface area contributed by atoms with Gasteiger partial charge in [0.25, 0.3) is 11.8 Å². The fourth-order valence-electron chi connectivity index (χ4n) is 3.62. The van der Waals surface area contributed by atoms with Crippen LogP contribution in [0.5, 0.6) is 0 Å². The number of hydrogen-bond donors (Lipinski definition) is 2. The topological polar surface area (TPSA) is 115 Å². The second kappa shape index (κ2) is 7.48. The van der Waals surface area contributed by atoms with Crippen LogP contribution in [0.15, 0.2) is 43.0 Å². The predicted octanol–water partition coefficient (Wildman–Crippen LogP) is 4.07. The van der Waals surface area contributed by atoms with Crippen molar-refractivity contribution in [2.24, 2.45) is 0 Å². The van der Waals surface area contributed by atoms with Crippen molar-refractivity contribution in [3.05, 3.63) is 65.6 Å². The van der Waals surface area contributed by atoms with E-state index in [1.54, 1.807) is 0 Å². The Morgan fingerprint density at radius 3 is 2.49 bits per heavy atom. The number of halogens is 6. The van der Waals surface area contributed by atoms with Crippen LogP contribution in [0.4, 0.5) is 37.7 Å². The number of alkyl halides is 6. The maximum Gasteiger partial charge on any atom is 0.434 e. The Labute approximate surface area is 189 Å². The number of pyridine rings is 1. The molecule has 1 aliphatic heterocycles. The normalized spacial score (nSPS) is 13.3. The molecule has 15 heteroatoms. The Hall–Kier alpha value is -4.56. The van der Waals surface area contributed by atoms with E-state index < -0.39 is 46.8 Å². The van der Waals surface area contributed by atoms with E-state index in [-0.39, 0.29) is 22.3 Å². The first-order valence-corrected chi connectivity index (χ1v) is 9.54. The predicted molar refractivity (Wildman–Crippen MR) is 107 cm³/mol. The standard InChI is InChI=1S/C20H9F6N7O2/c21-19(22,23)12-5-8(3-4-27-12)31-17(34)9-6-30-33(16(9)20(24,25)26)11-2-1-10-13-14(11)28-7-29-15(13)18(35)32-10/h1-7H,(H,32,35)(H,27,31,34). The van der Waals surface area contributed by atoms with Gasteiger partial charge >= 0.3 is 12.4 Å². The third-order valence-corrected chi connectivity index (χ3v) is 5.05. The Bertz CT molecular complexity index is 1530. The van der Waals surface area contributed by atoms with Gasteiger partial charge in [0.2, 0.25) is 0 Å². The average molecular weight is 493 g/mol. The van der Waals surface area contributed by atoms with E-state index in [1.165, 1.54) is 12.1 Å². The number of anilines is 2. The minimum Gasteiger partial charge on any atom is -0.322 e. The minimum absolute atomic E-state index is 0.0321. The van der Waals surface area contributed by atoms with Gasteiger partial charge < -0.3 is 10.6 Å². The summed E-state index contributed by atoms with van der Waals surface area (Å²) in [6.07, 6.45) is -7.53. The van der Waals surface area contributed by atoms with E-state index >= 15 is 0 Å². The number of carbonyl (C=O) groups excluding carboxylic acids is 2. The van der Waals surface area contributed by atoms with E-state index in [4.69, 9.17) is 0 Å². The molecule has 9 nitrogen and oxygen atoms in total. The zero-order chi connectivity index (χ0) is 25.1. The van der Waals surface area contributed by atoms with Crippen molar-refractivity contribution in [1.29, 1.82) is 0 Å². The van der Waals surface area contributed by atoms with Crippen molar-refractivity contribution in [2.75, 3.05) is 10.6 Å². The van der Waals surface area contributed by atoms with Gasteiger partial charge in [0.1, 0.15) is 23.2 Å². The van der Waals surface area contributed by atoms with Crippen LogP contribution < -0.4 is 10.6 Å². The molecule has 0 spiro atoms. The molecule has 0 radical (unpaired) electrons. The molecule has 0 saturated carbocycles. The summed E-state index contributed by atoms with van der Waals surface area (Å²) >= 11 is 0. The molecule has 0 aliphatic carbocycles. The smallest absolute Gasteiger partial charge is 0.322 e. The first kappa shape index (κ1) is 22.2. The summed E-state index contributed by atoms with van der Waals surface area (Å²) in [5.41, 5.74) is -4.16. The number of aromatic nitrogens is 5. The van der Waals surface area contributed by atoms with Crippen LogP contribution in [0.1, 0.15) is 32.2 Å². The van der Waals surface area contributed by atoms with E-state index in [0.29, 0.717) is 22.6 Å². The molecule has 0 bridgehead atoms. The molecule has 178 valence electrons. The van der Waals surface area contributed by atoms with Crippen LogP contribution in [0, 0.1) is 0 Å². The molecule has 0 unspecified atom stereocenters. The van der Waals surface area contributed by atoms with E-state index in [2.05, 4.69) is 25.4 Å². The Kier molecular flexibility index (Phi) is 4.75. The van der Waals surface area contributed by atoms with Crippen LogP contribution in [-0.2, 0) is 12.4 Å². The van der Waals surface area contributed by atoms with Gasteiger partial charge in [-0.3, -0.25) is 14.6 Å². The third kappa shape index (κ3) is 3.70. The Morgan fingerprint density at radius 2 is 1.77 bits per heavy atom. The second-order valence-corrected chi connectivity index (χ2v) is 7.23. The van der Waals surface area contributed by atoms with Crippen LogP contribution >= 0.6 is 0 Å². The van der Waals surface area contributed by atoms with Gasteiger partial charge in [-0.05, 0) is 24.3 Å². The van der Waals surface area contributed by atoms with Crippen molar-refractivity contribution in [3.8, 4) is 5.69 Å². The average Bonchev–Trinajstić information content (AvgIpc) is 3.37. The van der Waals surface area contributed by atoms with Gasteiger partial charge in [-0.1, -0.05) is 0 Å². The number of carbonyl (C=O) groups is 2. The molecule has 2 N–H and O–H groups in total. The molecule has 0 fully saturated rings. The quantitative estimate of drug-likeness (QED) is 0.416. The first-order valence-electron chi connectivity index (χ1n) is 9.54. The highest BCUT2D eigenvalue weighted by molar-refractivity contribution is 6.23. The van der Waals surface area contributed by atoms with Crippen molar-refractivity contribution in [1.82, 2.24) is 24.7 Å². The zero-order valence-electron chi connectivity index (χ0n) is 16.9. The van der Waals surface area contributed by atoms with Gasteiger partial charge in [0.15, 0.2) is 5.69 Å². The van der Waals surface area contributed by atoms with Gasteiger partial charge in [0.05, 0.1) is 28.5 Å². The van der Waals surface area contributed by atoms with E-state index in [1.807, 2.05) is 5.32 Å². The molecule has 3 aromatic heterocycles. The maximum absolute atomic E-state index is 14.1. The molecular weight excluding hydrogens is 484 g/mol. The molecule has 0 atom stereocenters. The Morgan fingerprint density at radius 1 is 1.00 bits per heavy atom. The largest absolute Gasteiger partial charge is 0.434 e. The van der Waals surface area contributed by atoms with Crippen molar-refractivity contribution in [2.45, 2.75) is 12.4 Å². The lowest BCUT2D eigenvalue weighted by molar-refractivity contribution is -0.143. The number of nitrogens with zero attached hydrogens (tertiary/aromatic N) is 5. The van der Waals surface area contributed by atoms with Gasteiger partial charge in [0, 0.05) is 11.9 Å². The molecule has 4 heterocycles. The molecule has 5 rings (SSSR count). The number of benzene rings is 1. The molecule has 1 aromatic carbocycles. The number of amides is 2. The second-order valence-electron chi connectivity index (χ2n) is 7.23. The van der Waals surface area contributed by atoms with Gasteiger partial charge in [-0.25, -0.2) is 14.6 Å². The summed E-state index contributed by atoms with van der Waals surface area (Å²) in [5, 5.41) is 8.40. The van der Waals surface area contributed by atoms with Gasteiger partial charge in [-0.15, -0.1) is 0 Å². The summed E-state index contributed by atoms with van der Waals surface area (Å²) in [4.78, 5) is 35.7. The van der Waals surface area contributed by atoms with E-state index in [9.17, 15) is 35.9 Å². The fraction of sp³-hybridized carbons (Fsp3) is 0.100. The summed E-state index contributed by atoms with van der Waals surface area (Å²) < 4.78 is 81.3. The van der Waals surface area contributed by atoms with Crippen LogP contribution in [0.2, 0.25) is 0 Å². The molecule has 1 aliphatic rings. The molecular formula is C20H9F6N7O2. The number of rotatable bonds is 3. The highest BCUT2D eigenvalue weighted by Gasteiger charge is 2.41. The maximum atomic E-state index is 14.1. The monoisotopic (exact) mass is 493 g/mol. The fourth-order valence-corrected chi connectivity index (χ4v) is 3.62. The lowest BCUT2D eigenvalue weighted by Crippen LogP contribution is -2.21. The summed E-state index contributed by atoms with van der Waals surface area (Å²) in [5.74, 6) is -1.91. The van der Waals surface area contributed by atoms with Crippen LogP contribution in [-0.4, -0.2) is 36.5 Å². The van der Waals surface area contributed by atoms with Gasteiger partial charge in [-0.2, -0.15) is 31.4 Å².